The number of benzene rings is 2. The van der Waals surface area contributed by atoms with Crippen LogP contribution in [0.25, 0.3) is 22.2 Å². The number of fused-ring (bicyclic) bond motifs is 3. The standard InChI is InChI=1S/C37H47N5O5S/c1-39-22-28-12-13-29(23-39)42(28)36(44)37(17-18-37)24-41-32-21-27(35(43)38-48(45,46)40-19-6-20-40)11-16-31(32)33(25-7-4-3-5-8-25)34(41)26-9-14-30(47-2)15-10-26/h9-11,14-16,21,25,28-29H,3-8,12-13,17-20,22-24H2,1-2H3,(H,38,43). The van der Waals surface area contributed by atoms with E-state index in [0.29, 0.717) is 31.1 Å². The highest BCUT2D eigenvalue weighted by Crippen LogP contribution is 2.53. The third-order valence-corrected chi connectivity index (χ3v) is 13.3. The van der Waals surface area contributed by atoms with E-state index < -0.39 is 21.5 Å². The fourth-order valence-corrected chi connectivity index (χ4v) is 10.1. The van der Waals surface area contributed by atoms with Crippen LogP contribution in [0.5, 0.6) is 5.75 Å². The van der Waals surface area contributed by atoms with Crippen molar-refractivity contribution >= 4 is 32.9 Å². The number of hydrogen-bond acceptors (Lipinski definition) is 6. The Kier molecular flexibility index (Phi) is 8.07. The van der Waals surface area contributed by atoms with E-state index in [2.05, 4.69) is 38.3 Å². The molecule has 5 aliphatic rings. The minimum Gasteiger partial charge on any atom is -0.497 e. The number of carbonyl (C=O) groups is 2. The highest BCUT2D eigenvalue weighted by atomic mass is 32.2. The molecular weight excluding hydrogens is 627 g/mol. The zero-order valence-corrected chi connectivity index (χ0v) is 28.9. The molecular formula is C37H47N5O5S. The fraction of sp³-hybridized carbons (Fsp3) is 0.568. The van der Waals surface area contributed by atoms with E-state index in [4.69, 9.17) is 4.74 Å². The van der Waals surface area contributed by atoms with Crippen LogP contribution in [0, 0.1) is 5.41 Å². The summed E-state index contributed by atoms with van der Waals surface area (Å²) in [4.78, 5) is 32.7. The summed E-state index contributed by atoms with van der Waals surface area (Å²) in [6.45, 7) is 3.22. The normalized spacial score (nSPS) is 24.4. The molecule has 3 saturated heterocycles. The Labute approximate surface area is 283 Å². The number of methoxy groups -OCH3 is 1. The minimum atomic E-state index is -3.89. The summed E-state index contributed by atoms with van der Waals surface area (Å²) in [5.41, 5.74) is 4.13. The summed E-state index contributed by atoms with van der Waals surface area (Å²) in [5, 5.41) is 1.08. The molecule has 2 atom stereocenters. The molecule has 8 rings (SSSR count). The number of amides is 2. The van der Waals surface area contributed by atoms with Crippen molar-refractivity contribution in [2.75, 3.05) is 40.3 Å². The van der Waals surface area contributed by atoms with E-state index in [1.807, 2.05) is 24.3 Å². The van der Waals surface area contributed by atoms with Crippen molar-refractivity contribution in [3.63, 3.8) is 0 Å². The zero-order chi connectivity index (χ0) is 33.2. The van der Waals surface area contributed by atoms with Crippen molar-refractivity contribution in [1.29, 1.82) is 0 Å². The molecule has 3 aliphatic heterocycles. The Balaban J connectivity index is 1.25. The average Bonchev–Trinajstić information content (AvgIpc) is 3.70. The summed E-state index contributed by atoms with van der Waals surface area (Å²) in [6, 6.07) is 14.3. The first kappa shape index (κ1) is 31.8. The molecule has 48 heavy (non-hydrogen) atoms. The van der Waals surface area contributed by atoms with E-state index in [0.717, 1.165) is 85.9 Å². The van der Waals surface area contributed by atoms with E-state index in [1.165, 1.54) is 29.1 Å². The molecule has 0 spiro atoms. The lowest BCUT2D eigenvalue weighted by molar-refractivity contribution is -0.143. The van der Waals surface area contributed by atoms with Gasteiger partial charge in [0.1, 0.15) is 5.75 Å². The van der Waals surface area contributed by atoms with Gasteiger partial charge in [-0.25, -0.2) is 4.72 Å². The number of carbonyl (C=O) groups excluding carboxylic acids is 2. The molecule has 2 aromatic carbocycles. The Morgan fingerprint density at radius 1 is 0.917 bits per heavy atom. The van der Waals surface area contributed by atoms with E-state index in [9.17, 15) is 18.0 Å². The predicted octanol–water partition coefficient (Wildman–Crippen LogP) is 5.13. The third kappa shape index (κ3) is 5.51. The number of rotatable bonds is 9. The molecule has 2 amide bonds. The van der Waals surface area contributed by atoms with Gasteiger partial charge in [0.05, 0.1) is 18.2 Å². The molecule has 2 unspecified atom stereocenters. The van der Waals surface area contributed by atoms with Crippen LogP contribution >= 0.6 is 0 Å². The van der Waals surface area contributed by atoms with Gasteiger partial charge in [-0.2, -0.15) is 12.7 Å². The van der Waals surface area contributed by atoms with Gasteiger partial charge >= 0.3 is 10.2 Å². The third-order valence-electron chi connectivity index (χ3n) is 11.8. The average molecular weight is 674 g/mol. The SMILES string of the molecule is COc1ccc(-c2c(C3CCCCC3)c3ccc(C(=O)NS(=O)(=O)N4CCC4)cc3n2CC2(C(=O)N3C4CCC3CN(C)C4)CC2)cc1. The summed E-state index contributed by atoms with van der Waals surface area (Å²) in [5.74, 6) is 0.778. The second-order valence-corrected chi connectivity index (χ2v) is 16.6. The number of nitrogens with zero attached hydrogens (tertiary/aromatic N) is 4. The van der Waals surface area contributed by atoms with Crippen LogP contribution in [0.4, 0.5) is 0 Å². The predicted molar refractivity (Wildman–Crippen MR) is 185 cm³/mol. The molecule has 5 fully saturated rings. The maximum atomic E-state index is 14.6. The second-order valence-electron chi connectivity index (χ2n) is 14.9. The van der Waals surface area contributed by atoms with Gasteiger partial charge in [0.25, 0.3) is 5.91 Å². The van der Waals surface area contributed by atoms with Gasteiger partial charge in [-0.3, -0.25) is 9.59 Å². The minimum absolute atomic E-state index is 0.266. The van der Waals surface area contributed by atoms with Crippen LogP contribution in [0.15, 0.2) is 42.5 Å². The highest BCUT2D eigenvalue weighted by molar-refractivity contribution is 7.87. The van der Waals surface area contributed by atoms with Crippen LogP contribution in [-0.4, -0.2) is 91.3 Å². The first-order valence-electron chi connectivity index (χ1n) is 17.8. The Hall–Kier alpha value is -3.41. The maximum absolute atomic E-state index is 14.6. The van der Waals surface area contributed by atoms with Crippen LogP contribution in [-0.2, 0) is 21.5 Å². The summed E-state index contributed by atoms with van der Waals surface area (Å²) >= 11 is 0. The smallest absolute Gasteiger partial charge is 0.304 e. The van der Waals surface area contributed by atoms with Crippen molar-refractivity contribution in [3.05, 3.63) is 53.6 Å². The molecule has 11 heteroatoms. The van der Waals surface area contributed by atoms with Crippen LogP contribution in [0.1, 0.15) is 86.0 Å². The van der Waals surface area contributed by atoms with Crippen molar-refractivity contribution in [2.24, 2.45) is 5.41 Å². The quantitative estimate of drug-likeness (QED) is 0.338. The molecule has 1 N–H and O–H groups in total. The molecule has 1 aromatic heterocycles. The van der Waals surface area contributed by atoms with Crippen LogP contribution in [0.2, 0.25) is 0 Å². The molecule has 0 radical (unpaired) electrons. The number of nitrogens with one attached hydrogen (secondary N) is 1. The van der Waals surface area contributed by atoms with Gasteiger partial charge in [-0.15, -0.1) is 0 Å². The van der Waals surface area contributed by atoms with Crippen molar-refractivity contribution < 1.29 is 22.7 Å². The van der Waals surface area contributed by atoms with Crippen LogP contribution in [0.3, 0.4) is 0 Å². The molecule has 256 valence electrons. The Morgan fingerprint density at radius 2 is 1.60 bits per heavy atom. The molecule has 2 saturated carbocycles. The molecule has 3 aromatic rings. The number of likely N-dealkylation sites (N-methyl/N-ethyl adjacent to an activating group) is 1. The van der Waals surface area contributed by atoms with Crippen LogP contribution < -0.4 is 9.46 Å². The van der Waals surface area contributed by atoms with Gasteiger partial charge in [-0.1, -0.05) is 25.3 Å². The van der Waals surface area contributed by atoms with Crippen molar-refractivity contribution in [1.82, 2.24) is 23.4 Å². The fourth-order valence-electron chi connectivity index (χ4n) is 8.93. The molecule has 4 heterocycles. The van der Waals surface area contributed by atoms with E-state index in [-0.39, 0.29) is 18.0 Å². The Morgan fingerprint density at radius 3 is 2.21 bits per heavy atom. The Bertz CT molecular complexity index is 1830. The lowest BCUT2D eigenvalue weighted by atomic mass is 9.81. The lowest BCUT2D eigenvalue weighted by Gasteiger charge is -2.41. The summed E-state index contributed by atoms with van der Waals surface area (Å²) in [7, 11) is -0.0695. The first-order chi connectivity index (χ1) is 23.2. The molecule has 2 bridgehead atoms. The largest absolute Gasteiger partial charge is 0.497 e. The molecule has 10 nitrogen and oxygen atoms in total. The van der Waals surface area contributed by atoms with Gasteiger partial charge in [0.15, 0.2) is 0 Å². The van der Waals surface area contributed by atoms with Crippen molar-refractivity contribution in [2.45, 2.75) is 88.8 Å². The topological polar surface area (TPSA) is 104 Å². The van der Waals surface area contributed by atoms with Gasteiger partial charge in [0.2, 0.25) is 5.91 Å². The van der Waals surface area contributed by atoms with Crippen molar-refractivity contribution in [3.8, 4) is 17.0 Å². The van der Waals surface area contributed by atoms with E-state index >= 15 is 0 Å². The molecule has 2 aliphatic carbocycles. The number of hydrogen-bond donors (Lipinski definition) is 1. The number of aromatic nitrogens is 1. The number of piperazine rings is 1. The monoisotopic (exact) mass is 673 g/mol. The summed E-state index contributed by atoms with van der Waals surface area (Å²) in [6.07, 6.45) is 10.3. The second kappa shape index (κ2) is 12.2. The first-order valence-corrected chi connectivity index (χ1v) is 19.3. The van der Waals surface area contributed by atoms with Gasteiger partial charge in [0, 0.05) is 61.3 Å². The van der Waals surface area contributed by atoms with Gasteiger partial charge < -0.3 is 19.1 Å². The van der Waals surface area contributed by atoms with E-state index in [1.54, 1.807) is 13.2 Å². The number of ether oxygens (including phenoxy) is 1. The highest BCUT2D eigenvalue weighted by Gasteiger charge is 2.56. The number of likely N-dealkylation sites (tertiary alicyclic amines) is 1. The zero-order valence-electron chi connectivity index (χ0n) is 28.1. The lowest BCUT2D eigenvalue weighted by Crippen LogP contribution is -2.56. The van der Waals surface area contributed by atoms with Gasteiger partial charge in [-0.05, 0) is 105 Å². The summed E-state index contributed by atoms with van der Waals surface area (Å²) < 4.78 is 37.1. The maximum Gasteiger partial charge on any atom is 0.304 e.